The maximum absolute atomic E-state index is 13.0. The van der Waals surface area contributed by atoms with Gasteiger partial charge in [-0.2, -0.15) is 0 Å². The SMILES string of the molecule is C=C(C=CC=C([C@H](O)CCCCC)[C@H]1CC[C@]2([C@@H]1O)[C@H]1C(=C(C)C=O)[C@@H](C=C[C@H]1CCO)C[C@]2(O)CCNC)[C@H]1CC=C(C)CN[C@@H](C)Cc2cccc(c2)C1. The standard InChI is InChI=1S/C49H72N2O5/c1-7-8-9-16-44(54)42(15-10-12-34(3)40-18-17-33(2)31-51-36(5)27-37-13-11-14-38(28-37)29-40)43-21-23-49(47(43)55)46-39(22-26-52)19-20-41(45(46)35(4)32-53)30-48(49,56)24-25-50-6/h10-15,17,19-20,28,32,36,39-41,43-44,46-47,50-52,54-56H,3,7-9,16,18,21-27,29-31H2,1-2,4-6H3/t36-,39-,40-,41-,43+,44+,46+,47+,48+,49+/m0/s1. The number of hydrogen-bond acceptors (Lipinski definition) is 7. The Bertz CT molecular complexity index is 1660. The minimum atomic E-state index is -1.22. The summed E-state index contributed by atoms with van der Waals surface area (Å²) in [6.45, 7) is 14.4. The van der Waals surface area contributed by atoms with Crippen molar-refractivity contribution in [3.8, 4) is 0 Å². The van der Waals surface area contributed by atoms with Gasteiger partial charge in [0.05, 0.1) is 17.8 Å². The van der Waals surface area contributed by atoms with Crippen molar-refractivity contribution >= 4 is 6.29 Å². The van der Waals surface area contributed by atoms with Crippen molar-refractivity contribution in [3.63, 3.8) is 0 Å². The highest BCUT2D eigenvalue weighted by Gasteiger charge is 2.68. The zero-order valence-electron chi connectivity index (χ0n) is 35.0. The highest BCUT2D eigenvalue weighted by atomic mass is 16.3. The number of aliphatic hydroxyl groups is 4. The molecule has 4 aliphatic rings. The Kier molecular flexibility index (Phi) is 15.9. The Morgan fingerprint density at radius 3 is 2.66 bits per heavy atom. The second-order valence-electron chi connectivity index (χ2n) is 17.7. The molecule has 2 fully saturated rings. The highest BCUT2D eigenvalue weighted by molar-refractivity contribution is 5.74. The van der Waals surface area contributed by atoms with Gasteiger partial charge in [0.15, 0.2) is 0 Å². The maximum Gasteiger partial charge on any atom is 0.145 e. The molecule has 5 rings (SSSR count). The number of unbranched alkanes of at least 4 members (excludes halogenated alkanes) is 2. The summed E-state index contributed by atoms with van der Waals surface area (Å²) in [5.74, 6) is -0.741. The Morgan fingerprint density at radius 2 is 1.95 bits per heavy atom. The van der Waals surface area contributed by atoms with Crippen LogP contribution in [0.15, 0.2) is 95.2 Å². The van der Waals surface area contributed by atoms with Gasteiger partial charge in [-0.1, -0.05) is 110 Å². The molecule has 4 bridgehead atoms. The molecule has 1 aromatic rings. The van der Waals surface area contributed by atoms with Gasteiger partial charge >= 0.3 is 0 Å². The predicted molar refractivity (Wildman–Crippen MR) is 229 cm³/mol. The van der Waals surface area contributed by atoms with E-state index in [4.69, 9.17) is 0 Å². The fourth-order valence-electron chi connectivity index (χ4n) is 10.9. The van der Waals surface area contributed by atoms with Gasteiger partial charge in [-0.3, -0.25) is 4.79 Å². The van der Waals surface area contributed by atoms with Crippen molar-refractivity contribution in [2.24, 2.45) is 35.0 Å². The van der Waals surface area contributed by atoms with Gasteiger partial charge in [-0.25, -0.2) is 0 Å². The van der Waals surface area contributed by atoms with Gasteiger partial charge in [-0.15, -0.1) is 0 Å². The van der Waals surface area contributed by atoms with Crippen LogP contribution in [0.4, 0.5) is 0 Å². The molecule has 1 spiro atoms. The van der Waals surface area contributed by atoms with Gasteiger partial charge in [0.2, 0.25) is 0 Å². The number of aliphatic hydroxyl groups excluding tert-OH is 3. The van der Waals surface area contributed by atoms with E-state index in [2.05, 4.69) is 86.6 Å². The van der Waals surface area contributed by atoms with Crippen LogP contribution in [0.3, 0.4) is 0 Å². The van der Waals surface area contributed by atoms with Crippen LogP contribution in [-0.2, 0) is 17.6 Å². The van der Waals surface area contributed by atoms with Crippen LogP contribution < -0.4 is 10.6 Å². The van der Waals surface area contributed by atoms with Crippen molar-refractivity contribution in [1.82, 2.24) is 10.6 Å². The van der Waals surface area contributed by atoms with E-state index in [0.717, 1.165) is 68.1 Å². The van der Waals surface area contributed by atoms with E-state index in [1.807, 2.05) is 26.1 Å². The Hall–Kier alpha value is -2.91. The molecule has 0 radical (unpaired) electrons. The van der Waals surface area contributed by atoms with Crippen molar-refractivity contribution in [1.29, 1.82) is 0 Å². The lowest BCUT2D eigenvalue weighted by Gasteiger charge is -2.61. The van der Waals surface area contributed by atoms with E-state index in [9.17, 15) is 25.2 Å². The Balaban J connectivity index is 1.52. The third-order valence-corrected chi connectivity index (χ3v) is 13.9. The minimum Gasteiger partial charge on any atom is -0.396 e. The zero-order chi connectivity index (χ0) is 40.5. The number of allylic oxidation sites excluding steroid dienone is 9. The average Bonchev–Trinajstić information content (AvgIpc) is 3.52. The Morgan fingerprint density at radius 1 is 1.18 bits per heavy atom. The summed E-state index contributed by atoms with van der Waals surface area (Å²) in [6, 6.07) is 9.32. The molecule has 0 saturated heterocycles. The van der Waals surface area contributed by atoms with Gasteiger partial charge in [-0.05, 0) is 132 Å². The van der Waals surface area contributed by atoms with Crippen molar-refractivity contribution in [3.05, 3.63) is 106 Å². The summed E-state index contributed by atoms with van der Waals surface area (Å²) in [5.41, 5.74) is 5.25. The number of carbonyl (C=O) groups is 1. The van der Waals surface area contributed by atoms with E-state index in [1.54, 1.807) is 0 Å². The number of hydrogen-bond donors (Lipinski definition) is 6. The van der Waals surface area contributed by atoms with Crippen molar-refractivity contribution in [2.75, 3.05) is 26.7 Å². The first-order chi connectivity index (χ1) is 26.9. The summed E-state index contributed by atoms with van der Waals surface area (Å²) in [4.78, 5) is 12.4. The lowest BCUT2D eigenvalue weighted by Crippen LogP contribution is -2.65. The molecule has 1 aliphatic heterocycles. The fourth-order valence-corrected chi connectivity index (χ4v) is 10.9. The highest BCUT2D eigenvalue weighted by Crippen LogP contribution is 2.67. The maximum atomic E-state index is 13.0. The molecule has 10 atom stereocenters. The molecular weight excluding hydrogens is 697 g/mol. The van der Waals surface area contributed by atoms with E-state index in [1.165, 1.54) is 16.7 Å². The van der Waals surface area contributed by atoms with E-state index in [-0.39, 0.29) is 36.2 Å². The fraction of sp³-hybridized carbons (Fsp3) is 0.612. The van der Waals surface area contributed by atoms with Crippen LogP contribution in [0.2, 0.25) is 0 Å². The van der Waals surface area contributed by atoms with Crippen LogP contribution in [0.25, 0.3) is 0 Å². The largest absolute Gasteiger partial charge is 0.396 e. The molecule has 6 N–H and O–H groups in total. The molecule has 308 valence electrons. The summed E-state index contributed by atoms with van der Waals surface area (Å²) in [6.07, 6.45) is 20.7. The summed E-state index contributed by atoms with van der Waals surface area (Å²) in [7, 11) is 1.88. The first-order valence-electron chi connectivity index (χ1n) is 21.6. The normalized spacial score (nSPS) is 33.8. The molecule has 1 aromatic carbocycles. The molecule has 3 aliphatic carbocycles. The first-order valence-corrected chi connectivity index (χ1v) is 21.6. The van der Waals surface area contributed by atoms with Crippen molar-refractivity contribution in [2.45, 2.75) is 129 Å². The monoisotopic (exact) mass is 769 g/mol. The van der Waals surface area contributed by atoms with Crippen LogP contribution in [0, 0.1) is 35.0 Å². The quantitative estimate of drug-likeness (QED) is 0.0359. The number of carbonyl (C=O) groups excluding carboxylic acids is 1. The number of aldehydes is 1. The third kappa shape index (κ3) is 9.68. The lowest BCUT2D eigenvalue weighted by atomic mass is 9.45. The average molecular weight is 769 g/mol. The topological polar surface area (TPSA) is 122 Å². The van der Waals surface area contributed by atoms with E-state index < -0.39 is 23.2 Å². The van der Waals surface area contributed by atoms with Crippen LogP contribution in [0.1, 0.15) is 103 Å². The second-order valence-corrected chi connectivity index (χ2v) is 17.7. The number of fused-ring (bicyclic) bond motifs is 5. The van der Waals surface area contributed by atoms with Gasteiger partial charge in [0.25, 0.3) is 0 Å². The third-order valence-electron chi connectivity index (χ3n) is 13.9. The molecule has 0 unspecified atom stereocenters. The predicted octanol–water partition coefficient (Wildman–Crippen LogP) is 7.51. The van der Waals surface area contributed by atoms with Crippen molar-refractivity contribution < 1.29 is 25.2 Å². The zero-order valence-corrected chi connectivity index (χ0v) is 35.0. The van der Waals surface area contributed by atoms with Crippen LogP contribution in [-0.4, -0.2) is 77.3 Å². The van der Waals surface area contributed by atoms with Gasteiger partial charge in [0.1, 0.15) is 6.29 Å². The summed E-state index contributed by atoms with van der Waals surface area (Å²) < 4.78 is 0. The molecule has 0 amide bonds. The van der Waals surface area contributed by atoms with Gasteiger partial charge in [0, 0.05) is 36.4 Å². The second kappa shape index (κ2) is 20.2. The molecule has 2 saturated carbocycles. The number of nitrogens with one attached hydrogen (secondary N) is 2. The molecular formula is C49H72N2O5. The number of rotatable bonds is 15. The van der Waals surface area contributed by atoms with E-state index in [0.29, 0.717) is 56.7 Å². The number of benzene rings is 1. The molecule has 7 heteroatoms. The molecule has 0 aromatic heterocycles. The smallest absolute Gasteiger partial charge is 0.145 e. The lowest BCUT2D eigenvalue weighted by molar-refractivity contribution is -0.194. The summed E-state index contributed by atoms with van der Waals surface area (Å²) >= 11 is 0. The van der Waals surface area contributed by atoms with E-state index >= 15 is 0 Å². The summed E-state index contributed by atoms with van der Waals surface area (Å²) in [5, 5.41) is 55.0. The van der Waals surface area contributed by atoms with Crippen LogP contribution in [0.5, 0.6) is 0 Å². The first kappa shape index (κ1) is 44.2. The molecule has 1 heterocycles. The molecule has 56 heavy (non-hydrogen) atoms. The minimum absolute atomic E-state index is 0.0258. The Labute approximate surface area is 337 Å². The van der Waals surface area contributed by atoms with Crippen LogP contribution >= 0.6 is 0 Å². The molecule has 7 nitrogen and oxygen atoms in total. The van der Waals surface area contributed by atoms with Gasteiger partial charge < -0.3 is 31.1 Å².